The maximum Gasteiger partial charge on any atom is 0.471 e. The van der Waals surface area contributed by atoms with Crippen molar-refractivity contribution in [3.63, 3.8) is 0 Å². The fraction of sp³-hybridized carbons (Fsp3) is 0.579. The van der Waals surface area contributed by atoms with E-state index in [-0.39, 0.29) is 18.5 Å². The summed E-state index contributed by atoms with van der Waals surface area (Å²) in [5, 5.41) is 1.00. The second-order valence-corrected chi connectivity index (χ2v) is 7.64. The van der Waals surface area contributed by atoms with Gasteiger partial charge in [0.1, 0.15) is 0 Å². The van der Waals surface area contributed by atoms with Crippen molar-refractivity contribution in [1.82, 2.24) is 9.80 Å². The van der Waals surface area contributed by atoms with E-state index in [4.69, 9.17) is 23.2 Å². The van der Waals surface area contributed by atoms with Gasteiger partial charge in [0.25, 0.3) is 0 Å². The highest BCUT2D eigenvalue weighted by Gasteiger charge is 2.44. The molecule has 1 atom stereocenters. The minimum Gasteiger partial charge on any atom is -0.332 e. The Morgan fingerprint density at radius 2 is 1.93 bits per heavy atom. The van der Waals surface area contributed by atoms with Crippen molar-refractivity contribution in [2.24, 2.45) is 0 Å². The van der Waals surface area contributed by atoms with Gasteiger partial charge in [-0.3, -0.25) is 4.79 Å². The molecule has 0 aliphatic carbocycles. The van der Waals surface area contributed by atoms with E-state index >= 15 is 0 Å². The lowest BCUT2D eigenvalue weighted by Gasteiger charge is -2.38. The minimum absolute atomic E-state index is 0.0523. The van der Waals surface area contributed by atoms with E-state index in [1.807, 2.05) is 12.1 Å². The quantitative estimate of drug-likeness (QED) is 0.629. The first-order valence-corrected chi connectivity index (χ1v) is 9.77. The second kappa shape index (κ2) is 9.48. The van der Waals surface area contributed by atoms with Crippen LogP contribution in [0.1, 0.15) is 37.7 Å². The number of amides is 1. The summed E-state index contributed by atoms with van der Waals surface area (Å²) in [5.74, 6) is -1.68. The maximum absolute atomic E-state index is 12.7. The van der Waals surface area contributed by atoms with Gasteiger partial charge in [-0.2, -0.15) is 13.2 Å². The van der Waals surface area contributed by atoms with Gasteiger partial charge in [-0.15, -0.1) is 0 Å². The van der Waals surface area contributed by atoms with Crippen LogP contribution < -0.4 is 0 Å². The van der Waals surface area contributed by atoms with Crippen molar-refractivity contribution in [1.29, 1.82) is 0 Å². The van der Waals surface area contributed by atoms with Gasteiger partial charge in [-0.25, -0.2) is 0 Å². The van der Waals surface area contributed by atoms with Crippen LogP contribution in [-0.4, -0.2) is 54.1 Å². The molecule has 3 nitrogen and oxygen atoms in total. The lowest BCUT2D eigenvalue weighted by molar-refractivity contribution is -0.188. The maximum atomic E-state index is 12.7. The summed E-state index contributed by atoms with van der Waals surface area (Å²) in [6.07, 6.45) is -2.91. The zero-order chi connectivity index (χ0) is 20.2. The van der Waals surface area contributed by atoms with Crippen molar-refractivity contribution >= 4 is 29.1 Å². The van der Waals surface area contributed by atoms with E-state index < -0.39 is 12.1 Å². The highest BCUT2D eigenvalue weighted by atomic mass is 35.5. The number of rotatable bonds is 6. The molecule has 27 heavy (non-hydrogen) atoms. The zero-order valence-electron chi connectivity index (χ0n) is 15.2. The van der Waals surface area contributed by atoms with E-state index in [0.717, 1.165) is 23.4 Å². The van der Waals surface area contributed by atoms with Crippen LogP contribution in [-0.2, 0) is 4.79 Å². The topological polar surface area (TPSA) is 23.6 Å². The molecule has 1 heterocycles. The predicted octanol–water partition coefficient (Wildman–Crippen LogP) is 5.18. The van der Waals surface area contributed by atoms with Gasteiger partial charge in [-0.1, -0.05) is 29.3 Å². The van der Waals surface area contributed by atoms with E-state index in [0.29, 0.717) is 36.0 Å². The lowest BCUT2D eigenvalue weighted by atomic mass is 9.96. The van der Waals surface area contributed by atoms with E-state index in [2.05, 4.69) is 11.8 Å². The van der Waals surface area contributed by atoms with Crippen molar-refractivity contribution in [2.75, 3.05) is 26.2 Å². The number of halogens is 5. The van der Waals surface area contributed by atoms with Crippen LogP contribution in [0.15, 0.2) is 18.2 Å². The molecule has 1 radical (unpaired) electrons. The first-order chi connectivity index (χ1) is 12.6. The Hall–Kier alpha value is -0.980. The molecule has 151 valence electrons. The average Bonchev–Trinajstić information content (AvgIpc) is 2.62. The SMILES string of the molecule is [CH2]C(CCN1CCC(N(CC)C(=O)C(F)(F)F)CC1)c1ccc(Cl)c(Cl)c1. The standard InChI is InChI=1S/C19H24Cl2F3N2O/c1-3-26(18(27)19(22,23)24)15-7-10-25(11-8-15)9-6-13(2)14-4-5-16(20)17(21)12-14/h4-5,12-13,15H,2-3,6-11H2,1H3. The molecule has 1 amide bonds. The van der Waals surface area contributed by atoms with Gasteiger partial charge in [0.15, 0.2) is 0 Å². The molecule has 1 aliphatic rings. The first kappa shape index (κ1) is 22.3. The minimum atomic E-state index is -4.81. The fourth-order valence-electron chi connectivity index (χ4n) is 3.46. The Labute approximate surface area is 168 Å². The Balaban J connectivity index is 1.83. The normalized spacial score (nSPS) is 17.7. The molecular formula is C19H24Cl2F3N2O. The summed E-state index contributed by atoms with van der Waals surface area (Å²) in [4.78, 5) is 14.7. The van der Waals surface area contributed by atoms with Crippen LogP contribution >= 0.6 is 23.2 Å². The van der Waals surface area contributed by atoms with Gasteiger partial charge >= 0.3 is 12.1 Å². The van der Waals surface area contributed by atoms with Crippen LogP contribution in [0.2, 0.25) is 10.0 Å². The number of hydrogen-bond acceptors (Lipinski definition) is 2. The lowest BCUT2D eigenvalue weighted by Crippen LogP contribution is -2.51. The third kappa shape index (κ3) is 6.00. The average molecular weight is 424 g/mol. The zero-order valence-corrected chi connectivity index (χ0v) is 16.7. The predicted molar refractivity (Wildman–Crippen MR) is 102 cm³/mol. The molecule has 1 unspecified atom stereocenters. The third-order valence-corrected chi connectivity index (χ3v) is 5.79. The van der Waals surface area contributed by atoms with Gasteiger partial charge in [0.05, 0.1) is 10.0 Å². The van der Waals surface area contributed by atoms with Gasteiger partial charge in [0.2, 0.25) is 0 Å². The molecule has 0 bridgehead atoms. The first-order valence-electron chi connectivity index (χ1n) is 9.01. The number of alkyl halides is 3. The number of benzene rings is 1. The molecule has 1 saturated heterocycles. The van der Waals surface area contributed by atoms with Crippen molar-refractivity contribution in [2.45, 2.75) is 44.3 Å². The van der Waals surface area contributed by atoms with Crippen LogP contribution in [0.4, 0.5) is 13.2 Å². The second-order valence-electron chi connectivity index (χ2n) is 6.82. The van der Waals surface area contributed by atoms with Gasteiger partial charge in [-0.05, 0) is 63.3 Å². The molecule has 1 fully saturated rings. The number of nitrogens with zero attached hydrogens (tertiary/aromatic N) is 2. The molecule has 0 saturated carbocycles. The molecule has 8 heteroatoms. The third-order valence-electron chi connectivity index (χ3n) is 5.05. The van der Waals surface area contributed by atoms with Crippen molar-refractivity contribution in [3.05, 3.63) is 40.7 Å². The van der Waals surface area contributed by atoms with Gasteiger partial charge < -0.3 is 9.80 Å². The van der Waals surface area contributed by atoms with Crippen LogP contribution in [0, 0.1) is 6.92 Å². The highest BCUT2D eigenvalue weighted by molar-refractivity contribution is 6.42. The number of hydrogen-bond donors (Lipinski definition) is 0. The van der Waals surface area contributed by atoms with Crippen LogP contribution in [0.3, 0.4) is 0 Å². The summed E-state index contributed by atoms with van der Waals surface area (Å²) < 4.78 is 38.1. The molecule has 0 spiro atoms. The molecule has 2 rings (SSSR count). The van der Waals surface area contributed by atoms with Crippen molar-refractivity contribution in [3.8, 4) is 0 Å². The molecular weight excluding hydrogens is 400 g/mol. The molecule has 1 aromatic rings. The Morgan fingerprint density at radius 3 is 2.44 bits per heavy atom. The number of likely N-dealkylation sites (tertiary alicyclic amines) is 1. The summed E-state index contributed by atoms with van der Waals surface area (Å²) in [7, 11) is 0. The Kier molecular flexibility index (Phi) is 7.83. The number of carbonyl (C=O) groups excluding carboxylic acids is 1. The summed E-state index contributed by atoms with van der Waals surface area (Å²) in [6.45, 7) is 7.94. The molecule has 1 aliphatic heterocycles. The van der Waals surface area contributed by atoms with Gasteiger partial charge in [0, 0.05) is 25.7 Å². The molecule has 1 aromatic carbocycles. The summed E-state index contributed by atoms with van der Waals surface area (Å²) >= 11 is 12.0. The summed E-state index contributed by atoms with van der Waals surface area (Å²) in [5.41, 5.74) is 1.01. The Morgan fingerprint density at radius 1 is 1.30 bits per heavy atom. The van der Waals surface area contributed by atoms with Crippen LogP contribution in [0.5, 0.6) is 0 Å². The monoisotopic (exact) mass is 423 g/mol. The largest absolute Gasteiger partial charge is 0.471 e. The van der Waals surface area contributed by atoms with Crippen molar-refractivity contribution < 1.29 is 18.0 Å². The number of piperidine rings is 1. The van der Waals surface area contributed by atoms with Crippen LogP contribution in [0.25, 0.3) is 0 Å². The smallest absolute Gasteiger partial charge is 0.332 e. The molecule has 0 aromatic heterocycles. The Bertz CT molecular complexity index is 646. The molecule has 0 N–H and O–H groups in total. The van der Waals surface area contributed by atoms with E-state index in [9.17, 15) is 18.0 Å². The van der Waals surface area contributed by atoms with E-state index in [1.54, 1.807) is 13.0 Å². The fourth-order valence-corrected chi connectivity index (χ4v) is 3.76. The summed E-state index contributed by atoms with van der Waals surface area (Å²) in [6, 6.07) is 5.11. The van der Waals surface area contributed by atoms with E-state index in [1.165, 1.54) is 0 Å². The highest BCUT2D eigenvalue weighted by Crippen LogP contribution is 2.29. The number of carbonyl (C=O) groups is 1.